The molecule has 0 aliphatic heterocycles. The zero-order valence-electron chi connectivity index (χ0n) is 10.3. The summed E-state index contributed by atoms with van der Waals surface area (Å²) in [6.45, 7) is 10.1. The highest BCUT2D eigenvalue weighted by Crippen LogP contribution is 2.36. The number of ether oxygens (including phenoxy) is 1. The molecule has 0 spiro atoms. The maximum atomic E-state index is 11.6. The van der Waals surface area contributed by atoms with Crippen molar-refractivity contribution in [2.45, 2.75) is 40.2 Å². The zero-order chi connectivity index (χ0) is 11.6. The average molecular weight is 218 g/mol. The van der Waals surface area contributed by atoms with Crippen molar-refractivity contribution in [3.63, 3.8) is 0 Å². The highest BCUT2D eigenvalue weighted by atomic mass is 28.2. The first-order chi connectivity index (χ1) is 6.20. The fraction of sp³-hybridized carbons (Fsp3) is 0.900. The molecule has 0 rings (SSSR count). The topological polar surface area (TPSA) is 35.5 Å². The van der Waals surface area contributed by atoms with E-state index in [1.807, 2.05) is 13.8 Å². The number of carbonyl (C=O) groups excluding carboxylic acids is 1. The molecule has 0 saturated carbocycles. The maximum Gasteiger partial charge on any atom is 0.336 e. The van der Waals surface area contributed by atoms with Gasteiger partial charge < -0.3 is 9.16 Å². The Morgan fingerprint density at radius 3 is 1.93 bits per heavy atom. The van der Waals surface area contributed by atoms with Crippen LogP contribution >= 0.6 is 0 Å². The van der Waals surface area contributed by atoms with E-state index < -0.39 is 5.60 Å². The normalized spacial score (nSPS) is 18.7. The fourth-order valence-corrected chi connectivity index (χ4v) is 1.99. The van der Waals surface area contributed by atoms with Crippen molar-refractivity contribution >= 4 is 16.5 Å². The van der Waals surface area contributed by atoms with Crippen LogP contribution in [0.25, 0.3) is 0 Å². The molecule has 0 radical (unpaired) electrons. The molecule has 4 heteroatoms. The van der Waals surface area contributed by atoms with Crippen molar-refractivity contribution in [2.75, 3.05) is 7.11 Å². The third-order valence-corrected chi connectivity index (χ3v) is 3.99. The van der Waals surface area contributed by atoms with Crippen LogP contribution in [0.2, 0.25) is 0 Å². The largest absolute Gasteiger partial charge is 0.467 e. The van der Waals surface area contributed by atoms with E-state index in [0.717, 1.165) is 0 Å². The molecule has 0 aromatic rings. The van der Waals surface area contributed by atoms with Crippen LogP contribution in [-0.2, 0) is 14.0 Å². The van der Waals surface area contributed by atoms with Gasteiger partial charge in [0.25, 0.3) is 0 Å². The number of esters is 1. The quantitative estimate of drug-likeness (QED) is 0.521. The van der Waals surface area contributed by atoms with Gasteiger partial charge >= 0.3 is 5.97 Å². The Balaban J connectivity index is 4.95. The highest BCUT2D eigenvalue weighted by Gasteiger charge is 2.44. The summed E-state index contributed by atoms with van der Waals surface area (Å²) in [5.74, 6) is -0.171. The first kappa shape index (κ1) is 13.6. The Morgan fingerprint density at radius 1 is 1.29 bits per heavy atom. The molecule has 84 valence electrons. The standard InChI is InChI=1S/C10H22O3Si/c1-7(9(2,3)4)10(5,13-14)8(11)12-6/h7H,1-6,14H3. The van der Waals surface area contributed by atoms with Crippen LogP contribution in [0.3, 0.4) is 0 Å². The third kappa shape index (κ3) is 2.57. The maximum absolute atomic E-state index is 11.6. The summed E-state index contributed by atoms with van der Waals surface area (Å²) in [6, 6.07) is 0. The average Bonchev–Trinajstić information content (AvgIpc) is 2.12. The lowest BCUT2D eigenvalue weighted by molar-refractivity contribution is -0.165. The van der Waals surface area contributed by atoms with Gasteiger partial charge in [-0.1, -0.05) is 27.7 Å². The number of hydrogen-bond acceptors (Lipinski definition) is 3. The van der Waals surface area contributed by atoms with E-state index in [-0.39, 0.29) is 17.3 Å². The second-order valence-electron chi connectivity index (χ2n) is 4.89. The fourth-order valence-electron chi connectivity index (χ4n) is 1.47. The van der Waals surface area contributed by atoms with Crippen molar-refractivity contribution in [3.05, 3.63) is 0 Å². The summed E-state index contributed by atoms with van der Waals surface area (Å²) >= 11 is 0. The Bertz CT molecular complexity index is 210. The van der Waals surface area contributed by atoms with Gasteiger partial charge in [-0.25, -0.2) is 4.79 Å². The molecule has 0 saturated heterocycles. The van der Waals surface area contributed by atoms with Crippen LogP contribution in [0.5, 0.6) is 0 Å². The van der Waals surface area contributed by atoms with Gasteiger partial charge in [0, 0.05) is 0 Å². The molecule has 3 nitrogen and oxygen atoms in total. The minimum absolute atomic E-state index is 0.0212. The van der Waals surface area contributed by atoms with Gasteiger partial charge in [-0.3, -0.25) is 0 Å². The van der Waals surface area contributed by atoms with Gasteiger partial charge in [0.05, 0.1) is 7.11 Å². The summed E-state index contributed by atoms with van der Waals surface area (Å²) in [5, 5.41) is 0. The van der Waals surface area contributed by atoms with Crippen LogP contribution in [0.15, 0.2) is 0 Å². The first-order valence-electron chi connectivity index (χ1n) is 4.83. The molecule has 0 fully saturated rings. The van der Waals surface area contributed by atoms with Gasteiger partial charge in [-0.15, -0.1) is 0 Å². The van der Waals surface area contributed by atoms with E-state index in [0.29, 0.717) is 10.5 Å². The van der Waals surface area contributed by atoms with Crippen molar-refractivity contribution in [1.82, 2.24) is 0 Å². The zero-order valence-corrected chi connectivity index (χ0v) is 12.3. The molecule has 2 atom stereocenters. The van der Waals surface area contributed by atoms with Gasteiger partial charge in [0.2, 0.25) is 0 Å². The Kier molecular flexibility index (Phi) is 4.33. The summed E-state index contributed by atoms with van der Waals surface area (Å²) in [4.78, 5) is 11.6. The van der Waals surface area contributed by atoms with E-state index in [1.54, 1.807) is 0 Å². The van der Waals surface area contributed by atoms with Gasteiger partial charge in [-0.2, -0.15) is 0 Å². The highest BCUT2D eigenvalue weighted by molar-refractivity contribution is 6.00. The SMILES string of the molecule is COC(=O)C(C)(O[SiH3])C(C)C(C)(C)C. The van der Waals surface area contributed by atoms with Crippen molar-refractivity contribution < 1.29 is 14.0 Å². The van der Waals surface area contributed by atoms with Gasteiger partial charge in [0.1, 0.15) is 10.5 Å². The van der Waals surface area contributed by atoms with Crippen LogP contribution in [-0.4, -0.2) is 29.2 Å². The molecule has 0 aliphatic carbocycles. The monoisotopic (exact) mass is 218 g/mol. The van der Waals surface area contributed by atoms with E-state index in [4.69, 9.17) is 9.16 Å². The molecule has 0 heterocycles. The van der Waals surface area contributed by atoms with E-state index in [9.17, 15) is 4.79 Å². The molecule has 0 bridgehead atoms. The number of carbonyl (C=O) groups is 1. The molecule has 0 N–H and O–H groups in total. The van der Waals surface area contributed by atoms with Gasteiger partial charge in [-0.05, 0) is 18.3 Å². The van der Waals surface area contributed by atoms with Gasteiger partial charge in [0.15, 0.2) is 5.60 Å². The molecule has 2 unspecified atom stereocenters. The molecule has 0 amide bonds. The van der Waals surface area contributed by atoms with Crippen LogP contribution < -0.4 is 0 Å². The predicted octanol–water partition coefficient (Wildman–Crippen LogP) is 0.897. The summed E-state index contributed by atoms with van der Waals surface area (Å²) in [5.41, 5.74) is -0.785. The first-order valence-corrected chi connectivity index (χ1v) is 5.65. The second-order valence-corrected chi connectivity index (χ2v) is 5.30. The lowest BCUT2D eigenvalue weighted by atomic mass is 9.72. The van der Waals surface area contributed by atoms with Crippen LogP contribution in [0.1, 0.15) is 34.6 Å². The smallest absolute Gasteiger partial charge is 0.336 e. The molecule has 0 aromatic heterocycles. The van der Waals surface area contributed by atoms with Crippen LogP contribution in [0.4, 0.5) is 0 Å². The minimum Gasteiger partial charge on any atom is -0.467 e. The number of rotatable bonds is 3. The Hall–Kier alpha value is -0.353. The second kappa shape index (κ2) is 4.44. The number of hydrogen-bond donors (Lipinski definition) is 0. The van der Waals surface area contributed by atoms with Crippen molar-refractivity contribution in [2.24, 2.45) is 11.3 Å². The summed E-state index contributed by atoms with van der Waals surface area (Å²) < 4.78 is 10.2. The predicted molar refractivity (Wildman–Crippen MR) is 60.1 cm³/mol. The van der Waals surface area contributed by atoms with Crippen molar-refractivity contribution in [3.8, 4) is 0 Å². The van der Waals surface area contributed by atoms with E-state index >= 15 is 0 Å². The third-order valence-electron chi connectivity index (χ3n) is 3.14. The molecule has 0 aromatic carbocycles. The lowest BCUT2D eigenvalue weighted by Crippen LogP contribution is -2.49. The summed E-state index contributed by atoms with van der Waals surface area (Å²) in [6.07, 6.45) is 0. The molecule has 0 aliphatic rings. The van der Waals surface area contributed by atoms with E-state index in [1.165, 1.54) is 7.11 Å². The lowest BCUT2D eigenvalue weighted by Gasteiger charge is -2.40. The molecule has 14 heavy (non-hydrogen) atoms. The summed E-state index contributed by atoms with van der Waals surface area (Å²) in [7, 11) is 1.93. The minimum atomic E-state index is -0.806. The van der Waals surface area contributed by atoms with E-state index in [2.05, 4.69) is 20.8 Å². The molecular formula is C10H22O3Si. The van der Waals surface area contributed by atoms with Crippen LogP contribution in [0, 0.1) is 11.3 Å². The van der Waals surface area contributed by atoms with Crippen molar-refractivity contribution in [1.29, 1.82) is 0 Å². The molecular weight excluding hydrogens is 196 g/mol. The number of methoxy groups -OCH3 is 1. The Labute approximate surface area is 89.7 Å². The Morgan fingerprint density at radius 2 is 1.71 bits per heavy atom.